The zero-order valence-electron chi connectivity index (χ0n) is 13.7. The van der Waals surface area contributed by atoms with E-state index in [1.54, 1.807) is 6.21 Å². The molecule has 2 heterocycles. The van der Waals surface area contributed by atoms with Crippen molar-refractivity contribution in [1.82, 2.24) is 14.9 Å². The first kappa shape index (κ1) is 16.2. The molecule has 0 radical (unpaired) electrons. The van der Waals surface area contributed by atoms with Crippen LogP contribution < -0.4 is 4.74 Å². The Kier molecular flexibility index (Phi) is 4.61. The fraction of sp³-hybridized carbons (Fsp3) is 0.235. The van der Waals surface area contributed by atoms with Gasteiger partial charge in [0.1, 0.15) is 23.9 Å². The molecule has 0 aliphatic rings. The zero-order chi connectivity index (χ0) is 17.1. The molecule has 1 aromatic carbocycles. The summed E-state index contributed by atoms with van der Waals surface area (Å²) in [6.07, 6.45) is 1.60. The molecule has 0 aliphatic carbocycles. The molecule has 0 aliphatic heterocycles. The Morgan fingerprint density at radius 3 is 2.67 bits per heavy atom. The Morgan fingerprint density at radius 2 is 2.00 bits per heavy atom. The predicted molar refractivity (Wildman–Crippen MR) is 94.1 cm³/mol. The van der Waals surface area contributed by atoms with Crippen LogP contribution in [-0.4, -0.2) is 21.1 Å². The van der Waals surface area contributed by atoms with Crippen molar-refractivity contribution in [2.24, 2.45) is 5.10 Å². The van der Waals surface area contributed by atoms with Crippen molar-refractivity contribution >= 4 is 18.4 Å². The van der Waals surface area contributed by atoms with Crippen molar-refractivity contribution < 1.29 is 9.15 Å². The number of aryl methyl sites for hydroxylation is 3. The highest BCUT2D eigenvalue weighted by molar-refractivity contribution is 7.71. The number of nitrogens with one attached hydrogen (secondary N) is 1. The summed E-state index contributed by atoms with van der Waals surface area (Å²) in [5.74, 6) is 2.85. The third-order valence-corrected chi connectivity index (χ3v) is 3.61. The first-order chi connectivity index (χ1) is 11.5. The molecular formula is C17H18N4O2S. The molecule has 0 spiro atoms. The SMILES string of the molecule is Cc1cc(C)cc(OCc2n[nH]c(=S)n2/N=C\c2ccc(C)o2)c1. The Morgan fingerprint density at radius 1 is 1.25 bits per heavy atom. The smallest absolute Gasteiger partial charge is 0.216 e. The van der Waals surface area contributed by atoms with Gasteiger partial charge < -0.3 is 9.15 Å². The molecule has 0 amide bonds. The van der Waals surface area contributed by atoms with Crippen LogP contribution in [0.5, 0.6) is 5.75 Å². The van der Waals surface area contributed by atoms with Gasteiger partial charge in [-0.2, -0.15) is 14.9 Å². The average Bonchev–Trinajstić information content (AvgIpc) is 3.08. The van der Waals surface area contributed by atoms with Crippen molar-refractivity contribution in [3.8, 4) is 5.75 Å². The number of hydrogen-bond donors (Lipinski definition) is 1. The standard InChI is InChI=1S/C17H18N4O2S/c1-11-6-12(2)8-15(7-11)22-10-16-19-20-17(24)21(16)18-9-14-5-4-13(3)23-14/h4-9H,10H2,1-3H3,(H,20,24)/b18-9-. The summed E-state index contributed by atoms with van der Waals surface area (Å²) in [6.45, 7) is 6.20. The Bertz CT molecular complexity index is 916. The summed E-state index contributed by atoms with van der Waals surface area (Å²) in [5.41, 5.74) is 2.30. The van der Waals surface area contributed by atoms with E-state index in [4.69, 9.17) is 21.4 Å². The Hall–Kier alpha value is -2.67. The number of rotatable bonds is 5. The third-order valence-electron chi connectivity index (χ3n) is 3.34. The van der Waals surface area contributed by atoms with Crippen molar-refractivity contribution in [3.63, 3.8) is 0 Å². The number of nitrogens with zero attached hydrogens (tertiary/aromatic N) is 3. The molecule has 0 atom stereocenters. The summed E-state index contributed by atoms with van der Waals surface area (Å²) in [5, 5.41) is 11.2. The summed E-state index contributed by atoms with van der Waals surface area (Å²) in [7, 11) is 0. The van der Waals surface area contributed by atoms with Gasteiger partial charge in [0.05, 0.1) is 6.21 Å². The van der Waals surface area contributed by atoms with Gasteiger partial charge in [-0.15, -0.1) is 0 Å². The van der Waals surface area contributed by atoms with Crippen molar-refractivity contribution in [2.45, 2.75) is 27.4 Å². The molecule has 6 nitrogen and oxygen atoms in total. The zero-order valence-corrected chi connectivity index (χ0v) is 14.6. The van der Waals surface area contributed by atoms with Gasteiger partial charge in [0.25, 0.3) is 0 Å². The number of aromatic nitrogens is 3. The highest BCUT2D eigenvalue weighted by Gasteiger charge is 2.07. The summed E-state index contributed by atoms with van der Waals surface area (Å²) in [4.78, 5) is 0. The van der Waals surface area contributed by atoms with Crippen LogP contribution >= 0.6 is 12.2 Å². The number of ether oxygens (including phenoxy) is 1. The van der Waals surface area contributed by atoms with Crippen LogP contribution in [0.4, 0.5) is 0 Å². The average molecular weight is 342 g/mol. The van der Waals surface area contributed by atoms with Crippen LogP contribution in [0.15, 0.2) is 39.9 Å². The molecular weight excluding hydrogens is 324 g/mol. The molecule has 124 valence electrons. The molecule has 3 aromatic rings. The lowest BCUT2D eigenvalue weighted by Gasteiger charge is -2.07. The number of hydrogen-bond acceptors (Lipinski definition) is 5. The predicted octanol–water partition coefficient (Wildman–Crippen LogP) is 3.92. The van der Waals surface area contributed by atoms with Crippen molar-refractivity contribution in [2.75, 3.05) is 0 Å². The maximum Gasteiger partial charge on any atom is 0.216 e. The lowest BCUT2D eigenvalue weighted by molar-refractivity contribution is 0.290. The van der Waals surface area contributed by atoms with Crippen molar-refractivity contribution in [1.29, 1.82) is 0 Å². The number of aromatic amines is 1. The Labute approximate surface area is 144 Å². The normalized spacial score (nSPS) is 11.3. The van der Waals surface area contributed by atoms with E-state index in [0.29, 0.717) is 16.4 Å². The number of H-pyrrole nitrogens is 1. The fourth-order valence-electron chi connectivity index (χ4n) is 2.34. The lowest BCUT2D eigenvalue weighted by Crippen LogP contribution is -2.04. The van der Waals surface area contributed by atoms with Gasteiger partial charge in [0.2, 0.25) is 4.77 Å². The minimum absolute atomic E-state index is 0.255. The molecule has 3 rings (SSSR count). The van der Waals surface area contributed by atoms with Gasteiger partial charge >= 0.3 is 0 Å². The first-order valence-corrected chi connectivity index (χ1v) is 7.90. The Balaban J connectivity index is 1.77. The highest BCUT2D eigenvalue weighted by Crippen LogP contribution is 2.17. The maximum atomic E-state index is 5.82. The molecule has 1 N–H and O–H groups in total. The van der Waals surface area contributed by atoms with E-state index in [1.807, 2.05) is 45.0 Å². The molecule has 2 aromatic heterocycles. The van der Waals surface area contributed by atoms with Gasteiger partial charge in [-0.05, 0) is 68.4 Å². The van der Waals surface area contributed by atoms with Gasteiger partial charge in [0.15, 0.2) is 5.82 Å². The highest BCUT2D eigenvalue weighted by atomic mass is 32.1. The molecule has 7 heteroatoms. The first-order valence-electron chi connectivity index (χ1n) is 7.49. The van der Waals surface area contributed by atoms with Gasteiger partial charge in [-0.25, -0.2) is 5.10 Å². The van der Waals surface area contributed by atoms with E-state index >= 15 is 0 Å². The van der Waals surface area contributed by atoms with E-state index in [0.717, 1.165) is 22.6 Å². The quantitative estimate of drug-likeness (QED) is 0.564. The summed E-state index contributed by atoms with van der Waals surface area (Å²) in [6, 6.07) is 9.77. The number of furan rings is 1. The molecule has 24 heavy (non-hydrogen) atoms. The van der Waals surface area contributed by atoms with E-state index < -0.39 is 0 Å². The van der Waals surface area contributed by atoms with Crippen LogP contribution in [0, 0.1) is 25.5 Å². The molecule has 0 unspecified atom stereocenters. The molecule has 0 saturated carbocycles. The van der Waals surface area contributed by atoms with E-state index in [1.165, 1.54) is 4.68 Å². The lowest BCUT2D eigenvalue weighted by atomic mass is 10.1. The van der Waals surface area contributed by atoms with Crippen LogP contribution in [0.2, 0.25) is 0 Å². The second-order valence-electron chi connectivity index (χ2n) is 5.56. The minimum Gasteiger partial charge on any atom is -0.486 e. The second kappa shape index (κ2) is 6.84. The topological polar surface area (TPSA) is 68.3 Å². The van der Waals surface area contributed by atoms with Crippen molar-refractivity contribution in [3.05, 3.63) is 63.6 Å². The van der Waals surface area contributed by atoms with E-state index in [9.17, 15) is 0 Å². The number of benzene rings is 1. The largest absolute Gasteiger partial charge is 0.486 e. The van der Waals surface area contributed by atoms with Gasteiger partial charge in [-0.1, -0.05) is 6.07 Å². The van der Waals surface area contributed by atoms with Crippen LogP contribution in [0.3, 0.4) is 0 Å². The molecule has 0 bridgehead atoms. The second-order valence-corrected chi connectivity index (χ2v) is 5.95. The molecule has 0 fully saturated rings. The van der Waals surface area contributed by atoms with Crippen LogP contribution in [-0.2, 0) is 6.61 Å². The third kappa shape index (κ3) is 3.80. The van der Waals surface area contributed by atoms with Crippen LogP contribution in [0.1, 0.15) is 28.5 Å². The van der Waals surface area contributed by atoms with Crippen LogP contribution in [0.25, 0.3) is 0 Å². The van der Waals surface area contributed by atoms with E-state index in [2.05, 4.69) is 21.4 Å². The fourth-order valence-corrected chi connectivity index (χ4v) is 2.54. The van der Waals surface area contributed by atoms with Gasteiger partial charge in [-0.3, -0.25) is 0 Å². The van der Waals surface area contributed by atoms with Gasteiger partial charge in [0, 0.05) is 0 Å². The monoisotopic (exact) mass is 342 g/mol. The maximum absolute atomic E-state index is 5.82. The summed E-state index contributed by atoms with van der Waals surface area (Å²) < 4.78 is 13.2. The summed E-state index contributed by atoms with van der Waals surface area (Å²) >= 11 is 5.21. The molecule has 0 saturated heterocycles. The van der Waals surface area contributed by atoms with E-state index in [-0.39, 0.29) is 6.61 Å². The minimum atomic E-state index is 0.255.